The SMILES string of the molecule is O=C(Cn1c(=O)cnc2ccccc21)Nc1ccc(-c2cn3ccsc3n2)cc1. The average Bonchev–Trinajstić information content (AvgIpc) is 3.33. The zero-order chi connectivity index (χ0) is 19.8. The predicted octanol–water partition coefficient (Wildman–Crippen LogP) is 3.41. The summed E-state index contributed by atoms with van der Waals surface area (Å²) < 4.78 is 3.40. The van der Waals surface area contributed by atoms with Gasteiger partial charge in [0.05, 0.1) is 22.9 Å². The Bertz CT molecular complexity index is 1370. The number of aromatic nitrogens is 4. The van der Waals surface area contributed by atoms with Gasteiger partial charge in [-0.15, -0.1) is 11.3 Å². The first kappa shape index (κ1) is 17.3. The van der Waals surface area contributed by atoms with E-state index in [1.807, 2.05) is 64.6 Å². The summed E-state index contributed by atoms with van der Waals surface area (Å²) in [4.78, 5) is 34.3. The number of nitrogens with one attached hydrogen (secondary N) is 1. The Hall–Kier alpha value is -3.78. The number of anilines is 1. The molecule has 0 unspecified atom stereocenters. The summed E-state index contributed by atoms with van der Waals surface area (Å²) in [5, 5.41) is 4.83. The van der Waals surface area contributed by atoms with Gasteiger partial charge in [0.25, 0.3) is 5.56 Å². The molecule has 142 valence electrons. The van der Waals surface area contributed by atoms with Gasteiger partial charge in [0, 0.05) is 29.0 Å². The van der Waals surface area contributed by atoms with Crippen molar-refractivity contribution in [2.75, 3.05) is 5.32 Å². The number of imidazole rings is 1. The van der Waals surface area contributed by atoms with Gasteiger partial charge >= 0.3 is 0 Å². The van der Waals surface area contributed by atoms with E-state index in [-0.39, 0.29) is 18.0 Å². The zero-order valence-electron chi connectivity index (χ0n) is 15.1. The molecule has 0 aliphatic carbocycles. The van der Waals surface area contributed by atoms with Gasteiger partial charge in [-0.3, -0.25) is 18.6 Å². The minimum atomic E-state index is -0.311. The molecule has 0 aliphatic heterocycles. The van der Waals surface area contributed by atoms with E-state index in [0.29, 0.717) is 16.7 Å². The third-order valence-corrected chi connectivity index (χ3v) is 5.38. The molecule has 0 saturated carbocycles. The quantitative estimate of drug-likeness (QED) is 0.500. The van der Waals surface area contributed by atoms with Gasteiger partial charge in [-0.1, -0.05) is 24.3 Å². The maximum absolute atomic E-state index is 12.5. The summed E-state index contributed by atoms with van der Waals surface area (Å²) >= 11 is 1.58. The predicted molar refractivity (Wildman–Crippen MR) is 113 cm³/mol. The van der Waals surface area contributed by atoms with Crippen molar-refractivity contribution in [1.29, 1.82) is 0 Å². The maximum Gasteiger partial charge on any atom is 0.269 e. The van der Waals surface area contributed by atoms with Crippen LogP contribution in [0.25, 0.3) is 27.3 Å². The number of carbonyl (C=O) groups excluding carboxylic acids is 1. The number of hydrogen-bond acceptors (Lipinski definition) is 5. The Kier molecular flexibility index (Phi) is 4.18. The first-order valence-corrected chi connectivity index (χ1v) is 9.82. The van der Waals surface area contributed by atoms with Crippen LogP contribution in [0.15, 0.2) is 77.3 Å². The number of fused-ring (bicyclic) bond motifs is 2. The molecule has 1 N–H and O–H groups in total. The first-order chi connectivity index (χ1) is 14.2. The Morgan fingerprint density at radius 2 is 1.93 bits per heavy atom. The lowest BCUT2D eigenvalue weighted by atomic mass is 10.1. The van der Waals surface area contributed by atoms with Crippen molar-refractivity contribution in [3.63, 3.8) is 0 Å². The van der Waals surface area contributed by atoms with Crippen LogP contribution in [0.3, 0.4) is 0 Å². The van der Waals surface area contributed by atoms with Gasteiger partial charge in [0.2, 0.25) is 5.91 Å². The van der Waals surface area contributed by atoms with Crippen molar-refractivity contribution >= 4 is 38.9 Å². The van der Waals surface area contributed by atoms with Crippen LogP contribution in [-0.2, 0) is 11.3 Å². The number of thiazole rings is 1. The van der Waals surface area contributed by atoms with E-state index in [1.54, 1.807) is 17.4 Å². The Balaban J connectivity index is 1.34. The van der Waals surface area contributed by atoms with Gasteiger partial charge in [0.15, 0.2) is 4.96 Å². The van der Waals surface area contributed by atoms with E-state index in [2.05, 4.69) is 15.3 Å². The van der Waals surface area contributed by atoms with Crippen molar-refractivity contribution in [2.45, 2.75) is 6.54 Å². The van der Waals surface area contributed by atoms with E-state index in [9.17, 15) is 9.59 Å². The summed E-state index contributed by atoms with van der Waals surface area (Å²) in [6.45, 7) is -0.0824. The number of carbonyl (C=O) groups is 1. The summed E-state index contributed by atoms with van der Waals surface area (Å²) in [6, 6.07) is 14.7. The molecule has 0 saturated heterocycles. The molecular formula is C21H15N5O2S. The van der Waals surface area contributed by atoms with Gasteiger partial charge in [-0.25, -0.2) is 9.97 Å². The molecule has 3 heterocycles. The number of benzene rings is 2. The van der Waals surface area contributed by atoms with Crippen molar-refractivity contribution < 1.29 is 4.79 Å². The van der Waals surface area contributed by atoms with Gasteiger partial charge in [-0.2, -0.15) is 0 Å². The summed E-state index contributed by atoms with van der Waals surface area (Å²) in [5.41, 5.74) is 3.49. The molecule has 8 heteroatoms. The van der Waals surface area contributed by atoms with Crippen molar-refractivity contribution in [1.82, 2.24) is 18.9 Å². The van der Waals surface area contributed by atoms with E-state index in [0.717, 1.165) is 16.2 Å². The molecule has 3 aromatic heterocycles. The highest BCUT2D eigenvalue weighted by molar-refractivity contribution is 7.15. The number of para-hydroxylation sites is 2. The molecule has 5 aromatic rings. The molecule has 0 atom stereocenters. The van der Waals surface area contributed by atoms with E-state index < -0.39 is 0 Å². The monoisotopic (exact) mass is 401 g/mol. The number of rotatable bonds is 4. The number of hydrogen-bond donors (Lipinski definition) is 1. The van der Waals surface area contributed by atoms with Gasteiger partial charge < -0.3 is 5.32 Å². The third kappa shape index (κ3) is 3.30. The van der Waals surface area contributed by atoms with Crippen LogP contribution in [-0.4, -0.2) is 24.8 Å². The molecule has 0 spiro atoms. The number of amides is 1. The second kappa shape index (κ2) is 6.99. The maximum atomic E-state index is 12.5. The molecule has 5 rings (SSSR count). The van der Waals surface area contributed by atoms with Gasteiger partial charge in [0.1, 0.15) is 6.54 Å². The lowest BCUT2D eigenvalue weighted by Gasteiger charge is -2.10. The fraction of sp³-hybridized carbons (Fsp3) is 0.0476. The zero-order valence-corrected chi connectivity index (χ0v) is 16.0. The lowest BCUT2D eigenvalue weighted by molar-refractivity contribution is -0.116. The summed E-state index contributed by atoms with van der Waals surface area (Å²) in [7, 11) is 0. The molecule has 1 amide bonds. The minimum absolute atomic E-state index is 0.0824. The molecule has 0 aliphatic rings. The fourth-order valence-electron chi connectivity index (χ4n) is 3.21. The van der Waals surface area contributed by atoms with Crippen LogP contribution >= 0.6 is 11.3 Å². The second-order valence-corrected chi connectivity index (χ2v) is 7.39. The highest BCUT2D eigenvalue weighted by atomic mass is 32.1. The molecule has 0 fully saturated rings. The van der Waals surface area contributed by atoms with Crippen molar-refractivity contribution in [3.05, 3.63) is 82.9 Å². The molecule has 2 aromatic carbocycles. The normalized spacial score (nSPS) is 11.2. The van der Waals surface area contributed by atoms with Crippen LogP contribution < -0.4 is 10.9 Å². The Labute approximate surface area is 168 Å². The minimum Gasteiger partial charge on any atom is -0.325 e. The molecule has 29 heavy (non-hydrogen) atoms. The molecule has 7 nitrogen and oxygen atoms in total. The van der Waals surface area contributed by atoms with Crippen LogP contribution in [0.2, 0.25) is 0 Å². The highest BCUT2D eigenvalue weighted by Crippen LogP contribution is 2.23. The largest absolute Gasteiger partial charge is 0.325 e. The number of nitrogens with zero attached hydrogens (tertiary/aromatic N) is 4. The van der Waals surface area contributed by atoms with Gasteiger partial charge in [-0.05, 0) is 24.3 Å². The molecule has 0 radical (unpaired) electrons. The summed E-state index contributed by atoms with van der Waals surface area (Å²) in [5.74, 6) is -0.279. The first-order valence-electron chi connectivity index (χ1n) is 8.94. The summed E-state index contributed by atoms with van der Waals surface area (Å²) in [6.07, 6.45) is 5.18. The Morgan fingerprint density at radius 1 is 1.10 bits per heavy atom. The average molecular weight is 401 g/mol. The molecule has 0 bridgehead atoms. The standard InChI is InChI=1S/C21H15N5O2S/c27-19(13-26-18-4-2-1-3-16(18)22-11-20(26)28)23-15-7-5-14(6-8-15)17-12-25-9-10-29-21(25)24-17/h1-12H,13H2,(H,23,27). The van der Waals surface area contributed by atoms with E-state index in [1.165, 1.54) is 10.8 Å². The highest BCUT2D eigenvalue weighted by Gasteiger charge is 2.10. The fourth-order valence-corrected chi connectivity index (χ4v) is 3.91. The third-order valence-electron chi connectivity index (χ3n) is 4.61. The molecular weight excluding hydrogens is 386 g/mol. The smallest absolute Gasteiger partial charge is 0.269 e. The van der Waals surface area contributed by atoms with E-state index in [4.69, 9.17) is 0 Å². The topological polar surface area (TPSA) is 81.3 Å². The van der Waals surface area contributed by atoms with Crippen LogP contribution in [0.1, 0.15) is 0 Å². The van der Waals surface area contributed by atoms with Crippen molar-refractivity contribution in [2.24, 2.45) is 0 Å². The van der Waals surface area contributed by atoms with Crippen molar-refractivity contribution in [3.8, 4) is 11.3 Å². The lowest BCUT2D eigenvalue weighted by Crippen LogP contribution is -2.27. The second-order valence-electron chi connectivity index (χ2n) is 6.52. The van der Waals surface area contributed by atoms with Crippen LogP contribution in [0, 0.1) is 0 Å². The van der Waals surface area contributed by atoms with E-state index >= 15 is 0 Å². The van der Waals surface area contributed by atoms with Crippen LogP contribution in [0.4, 0.5) is 5.69 Å². The Morgan fingerprint density at radius 3 is 2.76 bits per heavy atom. The van der Waals surface area contributed by atoms with Crippen LogP contribution in [0.5, 0.6) is 0 Å².